The zero-order valence-electron chi connectivity index (χ0n) is 12.1. The number of aryl methyl sites for hydroxylation is 1. The van der Waals surface area contributed by atoms with E-state index in [2.05, 4.69) is 10.5 Å². The van der Waals surface area contributed by atoms with Gasteiger partial charge in [0, 0.05) is 28.6 Å². The smallest absolute Gasteiger partial charge is 0.233 e. The summed E-state index contributed by atoms with van der Waals surface area (Å²) in [5, 5.41) is 8.02. The van der Waals surface area contributed by atoms with Crippen LogP contribution < -0.4 is 5.32 Å². The molecule has 0 unspecified atom stereocenters. The van der Waals surface area contributed by atoms with E-state index in [1.807, 2.05) is 31.2 Å². The number of nitrogens with one attached hydrogen (secondary N) is 1. The summed E-state index contributed by atoms with van der Waals surface area (Å²) in [4.78, 5) is 12.5. The standard InChI is InChI=1S/C17H15ClN2O2/c1-9-14-15(10-5-7-11(18)8-6-10)16-12(3-2-4-13(16)21)19-17(14)22-20-9/h5-8,15,19H,2-4H2,1H3/t15-/m1/s1. The molecule has 5 heteroatoms. The number of hydrogen-bond acceptors (Lipinski definition) is 4. The third-order valence-electron chi connectivity index (χ3n) is 4.41. The normalized spacial score (nSPS) is 20.5. The van der Waals surface area contributed by atoms with Crippen LogP contribution in [0.1, 0.15) is 42.0 Å². The van der Waals surface area contributed by atoms with Crippen LogP contribution in [0, 0.1) is 6.92 Å². The lowest BCUT2D eigenvalue weighted by Gasteiger charge is -2.31. The number of ketones is 1. The van der Waals surface area contributed by atoms with E-state index in [0.717, 1.165) is 40.9 Å². The number of hydrogen-bond donors (Lipinski definition) is 1. The Balaban J connectivity index is 1.94. The van der Waals surface area contributed by atoms with E-state index < -0.39 is 0 Å². The molecule has 2 aromatic rings. The molecule has 2 aliphatic rings. The molecule has 1 atom stereocenters. The van der Waals surface area contributed by atoms with Crippen molar-refractivity contribution >= 4 is 23.3 Å². The Labute approximate surface area is 133 Å². The molecule has 4 nitrogen and oxygen atoms in total. The zero-order valence-corrected chi connectivity index (χ0v) is 12.9. The molecule has 22 heavy (non-hydrogen) atoms. The van der Waals surface area contributed by atoms with Gasteiger partial charge in [-0.1, -0.05) is 28.9 Å². The molecular weight excluding hydrogens is 300 g/mol. The maximum absolute atomic E-state index is 12.5. The number of benzene rings is 1. The molecule has 1 aromatic carbocycles. The van der Waals surface area contributed by atoms with Gasteiger partial charge in [-0.25, -0.2) is 0 Å². The van der Waals surface area contributed by atoms with Gasteiger partial charge in [-0.3, -0.25) is 4.79 Å². The van der Waals surface area contributed by atoms with Crippen LogP contribution in [0.4, 0.5) is 5.88 Å². The first-order valence-electron chi connectivity index (χ1n) is 7.40. The first-order chi connectivity index (χ1) is 10.6. The predicted octanol–water partition coefficient (Wildman–Crippen LogP) is 4.20. The average Bonchev–Trinajstić information content (AvgIpc) is 2.88. The fourth-order valence-electron chi connectivity index (χ4n) is 3.41. The second-order valence-electron chi connectivity index (χ2n) is 5.79. The van der Waals surface area contributed by atoms with E-state index in [-0.39, 0.29) is 11.7 Å². The Morgan fingerprint density at radius 2 is 2.05 bits per heavy atom. The zero-order chi connectivity index (χ0) is 15.3. The van der Waals surface area contributed by atoms with Gasteiger partial charge in [-0.2, -0.15) is 0 Å². The minimum atomic E-state index is -0.123. The van der Waals surface area contributed by atoms with Crippen LogP contribution in [-0.4, -0.2) is 10.9 Å². The van der Waals surface area contributed by atoms with Crippen LogP contribution in [0.5, 0.6) is 0 Å². The molecule has 0 saturated carbocycles. The number of nitrogens with zero attached hydrogens (tertiary/aromatic N) is 1. The van der Waals surface area contributed by atoms with E-state index in [1.165, 1.54) is 0 Å². The van der Waals surface area contributed by atoms with E-state index >= 15 is 0 Å². The summed E-state index contributed by atoms with van der Waals surface area (Å²) in [7, 11) is 0. The topological polar surface area (TPSA) is 55.1 Å². The molecule has 4 rings (SSSR count). The highest BCUT2D eigenvalue weighted by atomic mass is 35.5. The Bertz CT molecular complexity index is 789. The molecule has 0 amide bonds. The third-order valence-corrected chi connectivity index (χ3v) is 4.66. The molecule has 1 aromatic heterocycles. The lowest BCUT2D eigenvalue weighted by molar-refractivity contribution is -0.116. The molecule has 0 bridgehead atoms. The van der Waals surface area contributed by atoms with Gasteiger partial charge in [0.2, 0.25) is 5.88 Å². The average molecular weight is 315 g/mol. The van der Waals surface area contributed by atoms with Crippen LogP contribution in [0.25, 0.3) is 0 Å². The minimum Gasteiger partial charge on any atom is -0.338 e. The van der Waals surface area contributed by atoms with Gasteiger partial charge in [-0.05, 0) is 37.5 Å². The molecule has 0 radical (unpaired) electrons. The number of fused-ring (bicyclic) bond motifs is 1. The van der Waals surface area contributed by atoms with Crippen LogP contribution in [-0.2, 0) is 4.79 Å². The van der Waals surface area contributed by atoms with Gasteiger partial charge in [0.25, 0.3) is 0 Å². The molecule has 1 aliphatic heterocycles. The van der Waals surface area contributed by atoms with Gasteiger partial charge >= 0.3 is 0 Å². The lowest BCUT2D eigenvalue weighted by Crippen LogP contribution is -2.26. The number of anilines is 1. The summed E-state index contributed by atoms with van der Waals surface area (Å²) in [5.74, 6) is 0.744. The fraction of sp³-hybridized carbons (Fsp3) is 0.294. The van der Waals surface area contributed by atoms with E-state index in [1.54, 1.807) is 0 Å². The van der Waals surface area contributed by atoms with Crippen LogP contribution in [0.2, 0.25) is 5.02 Å². The quantitative estimate of drug-likeness (QED) is 0.857. The lowest BCUT2D eigenvalue weighted by atomic mass is 9.76. The number of carbonyl (C=O) groups is 1. The van der Waals surface area contributed by atoms with Crippen molar-refractivity contribution in [3.05, 3.63) is 57.4 Å². The van der Waals surface area contributed by atoms with Crippen molar-refractivity contribution in [1.82, 2.24) is 5.16 Å². The summed E-state index contributed by atoms with van der Waals surface area (Å²) in [5.41, 5.74) is 4.64. The van der Waals surface area contributed by atoms with Crippen LogP contribution >= 0.6 is 11.6 Å². The van der Waals surface area contributed by atoms with Gasteiger partial charge in [0.15, 0.2) is 5.78 Å². The number of halogens is 1. The summed E-state index contributed by atoms with van der Waals surface area (Å²) in [6.07, 6.45) is 2.34. The van der Waals surface area contributed by atoms with Crippen LogP contribution in [0.15, 0.2) is 40.1 Å². The van der Waals surface area contributed by atoms with E-state index in [4.69, 9.17) is 16.1 Å². The van der Waals surface area contributed by atoms with Crippen molar-refractivity contribution in [3.63, 3.8) is 0 Å². The number of allylic oxidation sites excluding steroid dienone is 2. The summed E-state index contributed by atoms with van der Waals surface area (Å²) >= 11 is 6.00. The predicted molar refractivity (Wildman–Crippen MR) is 84.0 cm³/mol. The van der Waals surface area contributed by atoms with Gasteiger partial charge in [-0.15, -0.1) is 0 Å². The van der Waals surface area contributed by atoms with Crippen molar-refractivity contribution in [2.24, 2.45) is 0 Å². The fourth-order valence-corrected chi connectivity index (χ4v) is 3.53. The number of Topliss-reactive ketones (excluding diaryl/α,β-unsaturated/α-hetero) is 1. The Kier molecular flexibility index (Phi) is 3.08. The maximum Gasteiger partial charge on any atom is 0.233 e. The van der Waals surface area contributed by atoms with E-state index in [0.29, 0.717) is 17.3 Å². The monoisotopic (exact) mass is 314 g/mol. The first kappa shape index (κ1) is 13.6. The highest BCUT2D eigenvalue weighted by Crippen LogP contribution is 2.46. The molecule has 1 N–H and O–H groups in total. The summed E-state index contributed by atoms with van der Waals surface area (Å²) in [6, 6.07) is 7.66. The van der Waals surface area contributed by atoms with Gasteiger partial charge in [0.1, 0.15) is 0 Å². The highest BCUT2D eigenvalue weighted by Gasteiger charge is 2.38. The van der Waals surface area contributed by atoms with Crippen molar-refractivity contribution < 1.29 is 9.32 Å². The molecule has 0 saturated heterocycles. The largest absolute Gasteiger partial charge is 0.338 e. The molecule has 0 fully saturated rings. The molecule has 1 aliphatic carbocycles. The van der Waals surface area contributed by atoms with Gasteiger partial charge < -0.3 is 9.84 Å². The number of aromatic nitrogens is 1. The van der Waals surface area contributed by atoms with Crippen molar-refractivity contribution in [2.75, 3.05) is 5.32 Å². The molecular formula is C17H15ClN2O2. The number of carbonyl (C=O) groups excluding carboxylic acids is 1. The minimum absolute atomic E-state index is 0.123. The van der Waals surface area contributed by atoms with Crippen molar-refractivity contribution in [1.29, 1.82) is 0 Å². The Hall–Kier alpha value is -2.07. The highest BCUT2D eigenvalue weighted by molar-refractivity contribution is 6.30. The summed E-state index contributed by atoms with van der Waals surface area (Å²) < 4.78 is 5.41. The summed E-state index contributed by atoms with van der Waals surface area (Å²) in [6.45, 7) is 1.91. The van der Waals surface area contributed by atoms with Crippen molar-refractivity contribution in [2.45, 2.75) is 32.1 Å². The molecule has 0 spiro atoms. The van der Waals surface area contributed by atoms with Gasteiger partial charge in [0.05, 0.1) is 11.3 Å². The molecule has 2 heterocycles. The second kappa shape index (κ2) is 4.99. The Morgan fingerprint density at radius 3 is 2.82 bits per heavy atom. The molecule has 112 valence electrons. The first-order valence-corrected chi connectivity index (χ1v) is 7.78. The third kappa shape index (κ3) is 1.98. The van der Waals surface area contributed by atoms with Crippen molar-refractivity contribution in [3.8, 4) is 0 Å². The Morgan fingerprint density at radius 1 is 1.27 bits per heavy atom. The number of rotatable bonds is 1. The SMILES string of the molecule is Cc1noc2c1[C@@H](c1ccc(Cl)cc1)C1=C(CCCC1=O)N2. The maximum atomic E-state index is 12.5. The van der Waals surface area contributed by atoms with Crippen LogP contribution in [0.3, 0.4) is 0 Å². The van der Waals surface area contributed by atoms with E-state index in [9.17, 15) is 4.79 Å². The second-order valence-corrected chi connectivity index (χ2v) is 6.23.